The second kappa shape index (κ2) is 5.61. The summed E-state index contributed by atoms with van der Waals surface area (Å²) in [5, 5.41) is 4.40. The highest BCUT2D eigenvalue weighted by Gasteiger charge is 2.15. The Labute approximate surface area is 120 Å². The summed E-state index contributed by atoms with van der Waals surface area (Å²) in [5.41, 5.74) is 6.19. The first-order valence-corrected chi connectivity index (χ1v) is 7.05. The van der Waals surface area contributed by atoms with Gasteiger partial charge in [-0.3, -0.25) is 9.48 Å². The molecule has 0 aliphatic rings. The zero-order valence-electron chi connectivity index (χ0n) is 12.9. The molecule has 3 nitrogen and oxygen atoms in total. The van der Waals surface area contributed by atoms with Crippen LogP contribution >= 0.6 is 0 Å². The number of rotatable bonds is 4. The van der Waals surface area contributed by atoms with Crippen LogP contribution in [0.25, 0.3) is 0 Å². The first-order chi connectivity index (χ1) is 9.42. The van der Waals surface area contributed by atoms with E-state index in [-0.39, 0.29) is 5.78 Å². The molecule has 0 unspecified atom stereocenters. The van der Waals surface area contributed by atoms with Crippen molar-refractivity contribution in [1.82, 2.24) is 9.78 Å². The molecule has 0 spiro atoms. The lowest BCUT2D eigenvalue weighted by atomic mass is 9.94. The summed E-state index contributed by atoms with van der Waals surface area (Å²) in [6.45, 7) is 8.15. The van der Waals surface area contributed by atoms with Gasteiger partial charge in [0.1, 0.15) is 0 Å². The van der Waals surface area contributed by atoms with E-state index in [4.69, 9.17) is 0 Å². The Kier molecular flexibility index (Phi) is 4.07. The molecular formula is C17H22N2O. The third kappa shape index (κ3) is 2.82. The Hall–Kier alpha value is -1.90. The van der Waals surface area contributed by atoms with Crippen LogP contribution in [0, 0.1) is 20.8 Å². The molecule has 106 valence electrons. The normalized spacial score (nSPS) is 10.8. The fourth-order valence-corrected chi connectivity index (χ4v) is 2.78. The maximum absolute atomic E-state index is 12.6. The number of benzene rings is 1. The molecule has 0 atom stereocenters. The molecule has 0 amide bonds. The van der Waals surface area contributed by atoms with Crippen molar-refractivity contribution in [3.8, 4) is 0 Å². The molecule has 0 saturated carbocycles. The van der Waals surface area contributed by atoms with Crippen molar-refractivity contribution in [1.29, 1.82) is 0 Å². The zero-order chi connectivity index (χ0) is 14.9. The van der Waals surface area contributed by atoms with Crippen LogP contribution in [0.1, 0.15) is 45.4 Å². The average Bonchev–Trinajstić information content (AvgIpc) is 2.68. The van der Waals surface area contributed by atoms with Crippen LogP contribution in [0.5, 0.6) is 0 Å². The van der Waals surface area contributed by atoms with Crippen LogP contribution < -0.4 is 0 Å². The van der Waals surface area contributed by atoms with Crippen molar-refractivity contribution in [2.24, 2.45) is 7.05 Å². The highest BCUT2D eigenvalue weighted by molar-refractivity contribution is 6.00. The van der Waals surface area contributed by atoms with Crippen LogP contribution in [0.15, 0.2) is 18.2 Å². The summed E-state index contributed by atoms with van der Waals surface area (Å²) in [6.07, 6.45) is 1.30. The van der Waals surface area contributed by atoms with Gasteiger partial charge in [0, 0.05) is 18.3 Å². The summed E-state index contributed by atoms with van der Waals surface area (Å²) >= 11 is 0. The van der Waals surface area contributed by atoms with Gasteiger partial charge in [0.2, 0.25) is 0 Å². The number of aryl methyl sites for hydroxylation is 5. The van der Waals surface area contributed by atoms with E-state index in [1.807, 2.05) is 31.6 Å². The van der Waals surface area contributed by atoms with Crippen LogP contribution in [-0.4, -0.2) is 15.6 Å². The predicted molar refractivity (Wildman–Crippen MR) is 81.3 cm³/mol. The first kappa shape index (κ1) is 14.5. The van der Waals surface area contributed by atoms with Crippen molar-refractivity contribution < 1.29 is 4.79 Å². The van der Waals surface area contributed by atoms with Crippen LogP contribution in [-0.2, 0) is 19.9 Å². The van der Waals surface area contributed by atoms with Crippen LogP contribution in [0.2, 0.25) is 0 Å². The van der Waals surface area contributed by atoms with Gasteiger partial charge in [0.15, 0.2) is 5.78 Å². The topological polar surface area (TPSA) is 34.9 Å². The molecule has 0 bridgehead atoms. The second-order valence-corrected chi connectivity index (χ2v) is 5.48. The molecule has 0 N–H and O–H groups in total. The molecule has 2 aromatic rings. The quantitative estimate of drug-likeness (QED) is 0.799. The molecular weight excluding hydrogens is 248 g/mol. The molecule has 3 heteroatoms. The molecule has 1 aromatic heterocycles. The van der Waals surface area contributed by atoms with E-state index in [0.29, 0.717) is 6.42 Å². The number of hydrogen-bond acceptors (Lipinski definition) is 2. The molecule has 0 aliphatic heterocycles. The highest BCUT2D eigenvalue weighted by atomic mass is 16.1. The molecule has 2 rings (SSSR count). The average molecular weight is 270 g/mol. The van der Waals surface area contributed by atoms with Gasteiger partial charge in [0.05, 0.1) is 12.1 Å². The summed E-state index contributed by atoms with van der Waals surface area (Å²) in [7, 11) is 1.90. The Balaban J connectivity index is 2.30. The van der Waals surface area contributed by atoms with Crippen molar-refractivity contribution in [3.05, 3.63) is 51.8 Å². The van der Waals surface area contributed by atoms with Gasteiger partial charge in [-0.15, -0.1) is 0 Å². The van der Waals surface area contributed by atoms with E-state index in [0.717, 1.165) is 34.5 Å². The Morgan fingerprint density at radius 1 is 1.15 bits per heavy atom. The van der Waals surface area contributed by atoms with Gasteiger partial charge in [-0.2, -0.15) is 5.10 Å². The Morgan fingerprint density at radius 3 is 2.25 bits per heavy atom. The Morgan fingerprint density at radius 2 is 1.75 bits per heavy atom. The fraction of sp³-hybridized carbons (Fsp3) is 0.412. The number of nitrogens with zero attached hydrogens (tertiary/aromatic N) is 2. The van der Waals surface area contributed by atoms with E-state index in [2.05, 4.69) is 31.1 Å². The van der Waals surface area contributed by atoms with Crippen molar-refractivity contribution in [2.45, 2.75) is 40.5 Å². The second-order valence-electron chi connectivity index (χ2n) is 5.48. The highest BCUT2D eigenvalue weighted by Crippen LogP contribution is 2.19. The van der Waals surface area contributed by atoms with Crippen molar-refractivity contribution in [2.75, 3.05) is 0 Å². The number of carbonyl (C=O) groups excluding carboxylic acids is 1. The maximum Gasteiger partial charge on any atom is 0.169 e. The van der Waals surface area contributed by atoms with E-state index in [1.165, 1.54) is 5.56 Å². The molecule has 0 saturated heterocycles. The lowest BCUT2D eigenvalue weighted by molar-refractivity contribution is 0.0989. The maximum atomic E-state index is 12.6. The number of ketones is 1. The molecule has 1 aromatic carbocycles. The summed E-state index contributed by atoms with van der Waals surface area (Å²) < 4.78 is 1.82. The van der Waals surface area contributed by atoms with E-state index >= 15 is 0 Å². The monoisotopic (exact) mass is 270 g/mol. The van der Waals surface area contributed by atoms with Crippen molar-refractivity contribution in [3.63, 3.8) is 0 Å². The molecule has 0 aliphatic carbocycles. The van der Waals surface area contributed by atoms with Crippen LogP contribution in [0.3, 0.4) is 0 Å². The van der Waals surface area contributed by atoms with Gasteiger partial charge < -0.3 is 0 Å². The fourth-order valence-electron chi connectivity index (χ4n) is 2.78. The molecule has 0 radical (unpaired) electrons. The summed E-state index contributed by atoms with van der Waals surface area (Å²) in [5.74, 6) is 0.172. The number of carbonyl (C=O) groups is 1. The number of Topliss-reactive ketones (excluding diaryl/α,β-unsaturated/α-hetero) is 1. The molecule has 0 fully saturated rings. The lowest BCUT2D eigenvalue weighted by Crippen LogP contribution is -2.11. The lowest BCUT2D eigenvalue weighted by Gasteiger charge is -2.10. The molecule has 1 heterocycles. The van der Waals surface area contributed by atoms with Gasteiger partial charge >= 0.3 is 0 Å². The summed E-state index contributed by atoms with van der Waals surface area (Å²) in [4.78, 5) is 12.6. The van der Waals surface area contributed by atoms with Gasteiger partial charge in [-0.1, -0.05) is 24.6 Å². The number of hydrogen-bond donors (Lipinski definition) is 0. The SMILES string of the molecule is CCc1cc(CC(=O)c2c(C)cc(C)cc2C)n(C)n1. The number of aromatic nitrogens is 2. The van der Waals surface area contributed by atoms with Gasteiger partial charge in [-0.25, -0.2) is 0 Å². The van der Waals surface area contributed by atoms with E-state index < -0.39 is 0 Å². The largest absolute Gasteiger partial charge is 0.294 e. The summed E-state index contributed by atoms with van der Waals surface area (Å²) in [6, 6.07) is 6.17. The minimum atomic E-state index is 0.172. The van der Waals surface area contributed by atoms with E-state index in [9.17, 15) is 4.79 Å². The van der Waals surface area contributed by atoms with Crippen molar-refractivity contribution >= 4 is 5.78 Å². The minimum Gasteiger partial charge on any atom is -0.294 e. The minimum absolute atomic E-state index is 0.172. The molecule has 20 heavy (non-hydrogen) atoms. The first-order valence-electron chi connectivity index (χ1n) is 7.05. The Bertz CT molecular complexity index is 630. The van der Waals surface area contributed by atoms with Gasteiger partial charge in [-0.05, 0) is 44.4 Å². The predicted octanol–water partition coefficient (Wildman–Crippen LogP) is 3.33. The third-order valence-electron chi connectivity index (χ3n) is 3.69. The van der Waals surface area contributed by atoms with Crippen LogP contribution in [0.4, 0.5) is 0 Å². The van der Waals surface area contributed by atoms with E-state index in [1.54, 1.807) is 0 Å². The zero-order valence-corrected chi connectivity index (χ0v) is 12.9. The standard InChI is InChI=1S/C17H22N2O/c1-6-14-9-15(19(5)18-14)10-16(20)17-12(3)7-11(2)8-13(17)4/h7-9H,6,10H2,1-5H3. The smallest absolute Gasteiger partial charge is 0.169 e. The van der Waals surface area contributed by atoms with Gasteiger partial charge in [0.25, 0.3) is 0 Å². The third-order valence-corrected chi connectivity index (χ3v) is 3.69.